The zero-order valence-electron chi connectivity index (χ0n) is 9.00. The molecule has 5 heteroatoms. The molecule has 2 rings (SSSR count). The number of aromatic nitrogens is 2. The molecule has 0 aliphatic heterocycles. The SMILES string of the molecule is N#Cc1cnc(Oc2cccc(CN)c2)cn1. The lowest BCUT2D eigenvalue weighted by molar-refractivity contribution is 0.459. The highest BCUT2D eigenvalue weighted by Gasteiger charge is 2.00. The van der Waals surface area contributed by atoms with Crippen LogP contribution in [0.5, 0.6) is 11.6 Å². The van der Waals surface area contributed by atoms with Crippen LogP contribution < -0.4 is 10.5 Å². The standard InChI is InChI=1S/C12H10N4O/c13-5-9-2-1-3-11(4-9)17-12-8-15-10(6-14)7-16-12/h1-4,7-8H,5,13H2. The Bertz CT molecular complexity index is 545. The van der Waals surface area contributed by atoms with Gasteiger partial charge in [0.05, 0.1) is 12.4 Å². The van der Waals surface area contributed by atoms with E-state index in [1.165, 1.54) is 12.4 Å². The summed E-state index contributed by atoms with van der Waals surface area (Å²) in [6.45, 7) is 0.455. The van der Waals surface area contributed by atoms with Crippen LogP contribution >= 0.6 is 0 Å². The maximum Gasteiger partial charge on any atom is 0.237 e. The van der Waals surface area contributed by atoms with E-state index in [1.807, 2.05) is 24.3 Å². The Morgan fingerprint density at radius 3 is 2.82 bits per heavy atom. The van der Waals surface area contributed by atoms with Crippen molar-refractivity contribution >= 4 is 0 Å². The predicted molar refractivity (Wildman–Crippen MR) is 61.2 cm³/mol. The maximum absolute atomic E-state index is 8.58. The van der Waals surface area contributed by atoms with E-state index in [2.05, 4.69) is 9.97 Å². The van der Waals surface area contributed by atoms with Crippen molar-refractivity contribution in [2.75, 3.05) is 0 Å². The minimum absolute atomic E-state index is 0.257. The average Bonchev–Trinajstić information content (AvgIpc) is 2.40. The van der Waals surface area contributed by atoms with Gasteiger partial charge >= 0.3 is 0 Å². The van der Waals surface area contributed by atoms with Gasteiger partial charge < -0.3 is 10.5 Å². The van der Waals surface area contributed by atoms with E-state index in [1.54, 1.807) is 6.07 Å². The van der Waals surface area contributed by atoms with E-state index in [0.29, 0.717) is 18.2 Å². The predicted octanol–water partition coefficient (Wildman–Crippen LogP) is 1.60. The van der Waals surface area contributed by atoms with Crippen molar-refractivity contribution in [2.24, 2.45) is 5.73 Å². The lowest BCUT2D eigenvalue weighted by atomic mass is 10.2. The number of nitriles is 1. The third kappa shape index (κ3) is 2.77. The van der Waals surface area contributed by atoms with Crippen molar-refractivity contribution in [1.29, 1.82) is 5.26 Å². The van der Waals surface area contributed by atoms with Gasteiger partial charge in [0.15, 0.2) is 5.69 Å². The molecule has 2 N–H and O–H groups in total. The van der Waals surface area contributed by atoms with Gasteiger partial charge in [0, 0.05) is 6.54 Å². The molecule has 0 bridgehead atoms. The quantitative estimate of drug-likeness (QED) is 0.859. The molecule has 0 saturated carbocycles. The van der Waals surface area contributed by atoms with E-state index in [9.17, 15) is 0 Å². The monoisotopic (exact) mass is 226 g/mol. The molecule has 0 amide bonds. The van der Waals surface area contributed by atoms with Crippen LogP contribution in [0.4, 0.5) is 0 Å². The average molecular weight is 226 g/mol. The number of nitrogens with zero attached hydrogens (tertiary/aromatic N) is 3. The van der Waals surface area contributed by atoms with Crippen LogP contribution in [0.1, 0.15) is 11.3 Å². The van der Waals surface area contributed by atoms with E-state index in [-0.39, 0.29) is 5.69 Å². The first kappa shape index (κ1) is 11.0. The summed E-state index contributed by atoms with van der Waals surface area (Å²) in [7, 11) is 0. The molecule has 0 spiro atoms. The van der Waals surface area contributed by atoms with E-state index < -0.39 is 0 Å². The van der Waals surface area contributed by atoms with Crippen LogP contribution in [-0.2, 0) is 6.54 Å². The molecule has 17 heavy (non-hydrogen) atoms. The van der Waals surface area contributed by atoms with Crippen LogP contribution in [0, 0.1) is 11.3 Å². The molecular weight excluding hydrogens is 216 g/mol. The molecule has 0 unspecified atom stereocenters. The summed E-state index contributed by atoms with van der Waals surface area (Å²) in [6.07, 6.45) is 2.77. The lowest BCUT2D eigenvalue weighted by Crippen LogP contribution is -1.96. The molecule has 2 aromatic rings. The summed E-state index contributed by atoms with van der Waals surface area (Å²) in [6, 6.07) is 9.30. The summed E-state index contributed by atoms with van der Waals surface area (Å²) in [5.74, 6) is 0.991. The second-order valence-corrected chi connectivity index (χ2v) is 3.31. The van der Waals surface area contributed by atoms with Gasteiger partial charge in [0.2, 0.25) is 5.88 Å². The van der Waals surface area contributed by atoms with Gasteiger partial charge in [-0.1, -0.05) is 12.1 Å². The number of benzene rings is 1. The fourth-order valence-corrected chi connectivity index (χ4v) is 1.28. The number of hydrogen-bond donors (Lipinski definition) is 1. The van der Waals surface area contributed by atoms with Crippen LogP contribution in [0.25, 0.3) is 0 Å². The zero-order valence-corrected chi connectivity index (χ0v) is 9.00. The van der Waals surface area contributed by atoms with Gasteiger partial charge in [-0.05, 0) is 17.7 Å². The second kappa shape index (κ2) is 5.05. The topological polar surface area (TPSA) is 84.8 Å². The van der Waals surface area contributed by atoms with Gasteiger partial charge in [-0.3, -0.25) is 0 Å². The van der Waals surface area contributed by atoms with Gasteiger partial charge in [0.25, 0.3) is 0 Å². The first-order valence-corrected chi connectivity index (χ1v) is 5.01. The summed E-state index contributed by atoms with van der Waals surface area (Å²) < 4.78 is 5.48. The Morgan fingerprint density at radius 2 is 2.18 bits per heavy atom. The molecule has 1 aromatic heterocycles. The highest BCUT2D eigenvalue weighted by molar-refractivity contribution is 5.31. The molecular formula is C12H10N4O. The Balaban J connectivity index is 2.16. The van der Waals surface area contributed by atoms with Crippen molar-refractivity contribution in [1.82, 2.24) is 9.97 Å². The summed E-state index contributed by atoms with van der Waals surface area (Å²) in [5.41, 5.74) is 6.76. The van der Waals surface area contributed by atoms with Crippen LogP contribution in [-0.4, -0.2) is 9.97 Å². The number of nitrogens with two attached hydrogens (primary N) is 1. The minimum Gasteiger partial charge on any atom is -0.437 e. The maximum atomic E-state index is 8.58. The van der Waals surface area contributed by atoms with Crippen LogP contribution in [0.15, 0.2) is 36.7 Å². The Kier molecular flexibility index (Phi) is 3.28. The summed E-state index contributed by atoms with van der Waals surface area (Å²) in [5, 5.41) is 8.58. The smallest absolute Gasteiger partial charge is 0.237 e. The normalized spacial score (nSPS) is 9.65. The molecule has 0 aliphatic rings. The first-order chi connectivity index (χ1) is 8.31. The second-order valence-electron chi connectivity index (χ2n) is 3.31. The lowest BCUT2D eigenvalue weighted by Gasteiger charge is -2.05. The van der Waals surface area contributed by atoms with Crippen LogP contribution in [0.3, 0.4) is 0 Å². The highest BCUT2D eigenvalue weighted by Crippen LogP contribution is 2.19. The molecule has 0 atom stereocenters. The van der Waals surface area contributed by atoms with E-state index in [4.69, 9.17) is 15.7 Å². The molecule has 5 nitrogen and oxygen atoms in total. The molecule has 1 aromatic carbocycles. The first-order valence-electron chi connectivity index (χ1n) is 5.01. The van der Waals surface area contributed by atoms with Crippen molar-refractivity contribution in [3.05, 3.63) is 47.9 Å². The molecule has 0 radical (unpaired) electrons. The molecule has 0 aliphatic carbocycles. The van der Waals surface area contributed by atoms with Crippen molar-refractivity contribution in [3.63, 3.8) is 0 Å². The minimum atomic E-state index is 0.257. The third-order valence-corrected chi connectivity index (χ3v) is 2.10. The Hall–Kier alpha value is -2.45. The fraction of sp³-hybridized carbons (Fsp3) is 0.0833. The molecule has 0 saturated heterocycles. The fourth-order valence-electron chi connectivity index (χ4n) is 1.28. The highest BCUT2D eigenvalue weighted by atomic mass is 16.5. The van der Waals surface area contributed by atoms with E-state index in [0.717, 1.165) is 5.56 Å². The molecule has 1 heterocycles. The van der Waals surface area contributed by atoms with Gasteiger partial charge in [-0.25, -0.2) is 9.97 Å². The molecule has 84 valence electrons. The molecule has 0 fully saturated rings. The van der Waals surface area contributed by atoms with Crippen molar-refractivity contribution < 1.29 is 4.74 Å². The zero-order chi connectivity index (χ0) is 12.1. The van der Waals surface area contributed by atoms with Gasteiger partial charge in [-0.15, -0.1) is 0 Å². The number of hydrogen-bond acceptors (Lipinski definition) is 5. The van der Waals surface area contributed by atoms with Gasteiger partial charge in [0.1, 0.15) is 11.8 Å². The Morgan fingerprint density at radius 1 is 1.29 bits per heavy atom. The largest absolute Gasteiger partial charge is 0.437 e. The number of ether oxygens (including phenoxy) is 1. The summed E-state index contributed by atoms with van der Waals surface area (Å²) >= 11 is 0. The van der Waals surface area contributed by atoms with Crippen LogP contribution in [0.2, 0.25) is 0 Å². The van der Waals surface area contributed by atoms with Crippen molar-refractivity contribution in [3.8, 4) is 17.7 Å². The summed E-state index contributed by atoms with van der Waals surface area (Å²) in [4.78, 5) is 7.82. The van der Waals surface area contributed by atoms with E-state index >= 15 is 0 Å². The van der Waals surface area contributed by atoms with Gasteiger partial charge in [-0.2, -0.15) is 5.26 Å². The number of rotatable bonds is 3. The Labute approximate surface area is 98.5 Å². The van der Waals surface area contributed by atoms with Crippen molar-refractivity contribution in [2.45, 2.75) is 6.54 Å². The third-order valence-electron chi connectivity index (χ3n) is 2.10.